The van der Waals surface area contributed by atoms with Gasteiger partial charge in [-0.15, -0.1) is 0 Å². The molecule has 0 unspecified atom stereocenters. The van der Waals surface area contributed by atoms with Crippen molar-refractivity contribution in [3.8, 4) is 55.8 Å². The molecule has 6 aromatic heterocycles. The van der Waals surface area contributed by atoms with E-state index in [0.29, 0.717) is 11.4 Å². The fourth-order valence-corrected chi connectivity index (χ4v) is 8.22. The highest BCUT2D eigenvalue weighted by Crippen LogP contribution is 2.38. The van der Waals surface area contributed by atoms with Crippen LogP contribution in [0.25, 0.3) is 122 Å². The van der Waals surface area contributed by atoms with Crippen LogP contribution in [0, 0.1) is 0 Å². The molecule has 0 spiro atoms. The van der Waals surface area contributed by atoms with E-state index in [1.807, 2.05) is 36.5 Å². The van der Waals surface area contributed by atoms with Crippen LogP contribution in [0.5, 0.6) is 0 Å². The first kappa shape index (κ1) is 31.5. The summed E-state index contributed by atoms with van der Waals surface area (Å²) in [5, 5.41) is 6.24. The predicted molar refractivity (Wildman–Crippen MR) is 229 cm³/mol. The third-order valence-electron chi connectivity index (χ3n) is 11.1. The zero-order valence-electron chi connectivity index (χ0n) is 30.3. The van der Waals surface area contributed by atoms with Crippen molar-refractivity contribution in [1.82, 2.24) is 15.0 Å². The molecule has 0 bridgehead atoms. The number of nitrogens with zero attached hydrogens (tertiary/aromatic N) is 3. The van der Waals surface area contributed by atoms with Gasteiger partial charge in [0.2, 0.25) is 11.4 Å². The largest absolute Gasteiger partial charge is 0.454 e. The number of fused-ring (bicyclic) bond motifs is 9. The molecule has 6 nitrogen and oxygen atoms in total. The van der Waals surface area contributed by atoms with E-state index < -0.39 is 0 Å². The summed E-state index contributed by atoms with van der Waals surface area (Å²) in [4.78, 5) is 13.6. The summed E-state index contributed by atoms with van der Waals surface area (Å²) in [5.41, 5.74) is 15.5. The van der Waals surface area contributed by atoms with Crippen molar-refractivity contribution in [1.29, 1.82) is 0 Å². The lowest BCUT2D eigenvalue weighted by molar-refractivity contribution is 0.653. The first-order valence-electron chi connectivity index (χ1n) is 18.9. The molecule has 12 aromatic rings. The summed E-state index contributed by atoms with van der Waals surface area (Å²) in [6.45, 7) is 0. The van der Waals surface area contributed by atoms with Gasteiger partial charge in [0.15, 0.2) is 5.58 Å². The van der Waals surface area contributed by atoms with Gasteiger partial charge in [-0.3, -0.25) is 4.98 Å². The summed E-state index contributed by atoms with van der Waals surface area (Å²) < 4.78 is 18.3. The first-order chi connectivity index (χ1) is 28.2. The molecule has 6 aromatic carbocycles. The highest BCUT2D eigenvalue weighted by atomic mass is 16.3. The Labute approximate surface area is 325 Å². The predicted octanol–water partition coefficient (Wildman–Crippen LogP) is 13.9. The van der Waals surface area contributed by atoms with Crippen molar-refractivity contribution in [3.63, 3.8) is 0 Å². The van der Waals surface area contributed by atoms with E-state index in [-0.39, 0.29) is 0 Å². The van der Waals surface area contributed by atoms with Crippen LogP contribution < -0.4 is 0 Å². The molecule has 0 amide bonds. The summed E-state index contributed by atoms with van der Waals surface area (Å²) in [6.07, 6.45) is 5.36. The van der Waals surface area contributed by atoms with E-state index in [2.05, 4.69) is 137 Å². The molecule has 0 atom stereocenters. The third-order valence-corrected chi connectivity index (χ3v) is 11.1. The Morgan fingerprint density at radius 1 is 0.281 bits per heavy atom. The molecule has 266 valence electrons. The SMILES string of the molecule is c1cc(-c2cccc(-c3ccc4oc5ncccc5c4c3)c2)cc(-c2ccc3oc4cnc(-c5cccc(-c6ccc7oc8ncccc8c7c6)c5)cc4c3c2)c1. The van der Waals surface area contributed by atoms with Crippen LogP contribution in [-0.4, -0.2) is 15.0 Å². The molecule has 0 N–H and O–H groups in total. The quantitative estimate of drug-likeness (QED) is 0.175. The Kier molecular flexibility index (Phi) is 6.83. The number of furan rings is 3. The van der Waals surface area contributed by atoms with Gasteiger partial charge in [0.05, 0.1) is 11.9 Å². The maximum atomic E-state index is 6.30. The van der Waals surface area contributed by atoms with Gasteiger partial charge in [0, 0.05) is 50.3 Å². The van der Waals surface area contributed by atoms with Crippen molar-refractivity contribution in [3.05, 3.63) is 176 Å². The lowest BCUT2D eigenvalue weighted by Gasteiger charge is -2.09. The summed E-state index contributed by atoms with van der Waals surface area (Å²) >= 11 is 0. The van der Waals surface area contributed by atoms with Crippen molar-refractivity contribution in [2.24, 2.45) is 0 Å². The third kappa shape index (κ3) is 5.23. The molecule has 0 aliphatic carbocycles. The molecule has 6 heteroatoms. The van der Waals surface area contributed by atoms with E-state index in [0.717, 1.165) is 110 Å². The second-order valence-corrected chi connectivity index (χ2v) is 14.5. The van der Waals surface area contributed by atoms with Gasteiger partial charge >= 0.3 is 0 Å². The zero-order valence-corrected chi connectivity index (χ0v) is 30.3. The van der Waals surface area contributed by atoms with Crippen molar-refractivity contribution in [2.45, 2.75) is 0 Å². The van der Waals surface area contributed by atoms with Crippen LogP contribution in [0.15, 0.2) is 190 Å². The Hall–Kier alpha value is -7.83. The molecular formula is C51H29N3O3. The Balaban J connectivity index is 0.881. The molecule has 0 saturated carbocycles. The lowest BCUT2D eigenvalue weighted by atomic mass is 9.95. The molecule has 0 radical (unpaired) electrons. The van der Waals surface area contributed by atoms with Crippen molar-refractivity contribution >= 4 is 66.1 Å². The monoisotopic (exact) mass is 731 g/mol. The highest BCUT2D eigenvalue weighted by Gasteiger charge is 2.15. The van der Waals surface area contributed by atoms with Gasteiger partial charge in [-0.2, -0.15) is 0 Å². The summed E-state index contributed by atoms with van der Waals surface area (Å²) in [7, 11) is 0. The maximum Gasteiger partial charge on any atom is 0.227 e. The first-order valence-corrected chi connectivity index (χ1v) is 18.9. The number of rotatable bonds is 5. The molecule has 0 aliphatic heterocycles. The number of aromatic nitrogens is 3. The van der Waals surface area contributed by atoms with Crippen molar-refractivity contribution in [2.75, 3.05) is 0 Å². The number of hydrogen-bond donors (Lipinski definition) is 0. The van der Waals surface area contributed by atoms with Crippen LogP contribution in [0.1, 0.15) is 0 Å². The second kappa shape index (κ2) is 12.3. The number of hydrogen-bond acceptors (Lipinski definition) is 6. The molecule has 0 fully saturated rings. The topological polar surface area (TPSA) is 78.1 Å². The second-order valence-electron chi connectivity index (χ2n) is 14.5. The van der Waals surface area contributed by atoms with E-state index in [9.17, 15) is 0 Å². The Morgan fingerprint density at radius 3 is 1.19 bits per heavy atom. The van der Waals surface area contributed by atoms with Gasteiger partial charge in [0.1, 0.15) is 16.7 Å². The van der Waals surface area contributed by atoms with E-state index >= 15 is 0 Å². The fraction of sp³-hybridized carbons (Fsp3) is 0. The van der Waals surface area contributed by atoms with E-state index in [4.69, 9.17) is 18.2 Å². The molecule has 57 heavy (non-hydrogen) atoms. The highest BCUT2D eigenvalue weighted by molar-refractivity contribution is 6.08. The minimum absolute atomic E-state index is 0.650. The van der Waals surface area contributed by atoms with Crippen LogP contribution in [0.4, 0.5) is 0 Å². The maximum absolute atomic E-state index is 6.30. The summed E-state index contributed by atoms with van der Waals surface area (Å²) in [6, 6.07) is 55.2. The normalized spacial score (nSPS) is 11.9. The summed E-state index contributed by atoms with van der Waals surface area (Å²) in [5.74, 6) is 0. The molecule has 6 heterocycles. The molecule has 12 rings (SSSR count). The molecular weight excluding hydrogens is 703 g/mol. The zero-order chi connectivity index (χ0) is 37.5. The van der Waals surface area contributed by atoms with E-state index in [1.165, 1.54) is 0 Å². The van der Waals surface area contributed by atoms with Crippen LogP contribution in [0.2, 0.25) is 0 Å². The minimum Gasteiger partial charge on any atom is -0.454 e. The van der Waals surface area contributed by atoms with E-state index in [1.54, 1.807) is 12.4 Å². The average Bonchev–Trinajstić information content (AvgIpc) is 3.96. The smallest absolute Gasteiger partial charge is 0.227 e. The number of pyridine rings is 3. The molecule has 0 saturated heterocycles. The van der Waals surface area contributed by atoms with Gasteiger partial charge in [-0.1, -0.05) is 72.8 Å². The lowest BCUT2D eigenvalue weighted by Crippen LogP contribution is -1.85. The van der Waals surface area contributed by atoms with Gasteiger partial charge in [0.25, 0.3) is 0 Å². The average molecular weight is 732 g/mol. The Morgan fingerprint density at radius 2 is 0.684 bits per heavy atom. The van der Waals surface area contributed by atoms with Crippen LogP contribution in [0.3, 0.4) is 0 Å². The fourth-order valence-electron chi connectivity index (χ4n) is 8.22. The standard InChI is InChI=1S/C51H29N3O3/c1-6-30(22-32(8-1)35-15-18-47-41(25-35)39-12-4-20-52-50(39)56-47)31-7-2-9-33(23-31)37-14-17-46-43(27-37)44-28-45(54-29-49(44)55-46)38-11-3-10-34(24-38)36-16-19-48-42(26-36)40-13-5-21-53-51(40)57-48/h1-29H. The van der Waals surface area contributed by atoms with Gasteiger partial charge < -0.3 is 13.3 Å². The van der Waals surface area contributed by atoms with Gasteiger partial charge in [-0.05, 0) is 129 Å². The van der Waals surface area contributed by atoms with Crippen molar-refractivity contribution < 1.29 is 13.3 Å². The Bertz CT molecular complexity index is 3550. The van der Waals surface area contributed by atoms with Gasteiger partial charge in [-0.25, -0.2) is 9.97 Å². The van der Waals surface area contributed by atoms with Crippen LogP contribution in [-0.2, 0) is 0 Å². The minimum atomic E-state index is 0.650. The number of benzene rings is 6. The van der Waals surface area contributed by atoms with Crippen LogP contribution >= 0.6 is 0 Å². The molecule has 0 aliphatic rings.